The van der Waals surface area contributed by atoms with E-state index in [-0.39, 0.29) is 12.3 Å². The molecule has 9 heteroatoms. The molecule has 23 heavy (non-hydrogen) atoms. The number of amides is 1. The number of fused-ring (bicyclic) bond motifs is 1. The largest absolute Gasteiger partial charge is 0.477 e. The lowest BCUT2D eigenvalue weighted by Gasteiger charge is -2.54. The van der Waals surface area contributed by atoms with E-state index >= 15 is 0 Å². The van der Waals surface area contributed by atoms with Gasteiger partial charge in [-0.2, -0.15) is 0 Å². The highest BCUT2D eigenvalue weighted by Gasteiger charge is 2.64. The Hall–Kier alpha value is -1.58. The Kier molecular flexibility index (Phi) is 5.33. The first kappa shape index (κ1) is 17.8. The second kappa shape index (κ2) is 6.90. The van der Waals surface area contributed by atoms with Crippen LogP contribution in [0.1, 0.15) is 26.7 Å². The SMILES string of the molecule is CCCCO[C@]1(N)C(=O)N2C(C(=O)O)=C(COC(C)=O)CS[C@@H]21. The van der Waals surface area contributed by atoms with E-state index in [1.54, 1.807) is 0 Å². The van der Waals surface area contributed by atoms with Crippen LogP contribution in [0.4, 0.5) is 0 Å². The monoisotopic (exact) mass is 344 g/mol. The summed E-state index contributed by atoms with van der Waals surface area (Å²) in [6.07, 6.45) is 1.67. The molecule has 128 valence electrons. The molecular formula is C14H20N2O6S. The smallest absolute Gasteiger partial charge is 0.352 e. The molecule has 0 unspecified atom stereocenters. The number of unbranched alkanes of at least 4 members (excludes halogenated alkanes) is 1. The second-order valence-electron chi connectivity index (χ2n) is 5.37. The number of carbonyl (C=O) groups is 3. The molecule has 2 rings (SSSR count). The van der Waals surface area contributed by atoms with Gasteiger partial charge in [-0.1, -0.05) is 13.3 Å². The van der Waals surface area contributed by atoms with Gasteiger partial charge in [0, 0.05) is 24.9 Å². The number of hydrogen-bond donors (Lipinski definition) is 2. The number of hydrogen-bond acceptors (Lipinski definition) is 7. The van der Waals surface area contributed by atoms with Gasteiger partial charge in [0.15, 0.2) is 0 Å². The number of nitrogens with zero attached hydrogens (tertiary/aromatic N) is 1. The van der Waals surface area contributed by atoms with Gasteiger partial charge in [0.25, 0.3) is 5.91 Å². The zero-order valence-corrected chi connectivity index (χ0v) is 13.9. The summed E-state index contributed by atoms with van der Waals surface area (Å²) in [4.78, 5) is 35.9. The molecule has 2 aliphatic rings. The average Bonchev–Trinajstić information content (AvgIpc) is 2.51. The Morgan fingerprint density at radius 3 is 2.78 bits per heavy atom. The summed E-state index contributed by atoms with van der Waals surface area (Å²) < 4.78 is 10.4. The molecule has 3 N–H and O–H groups in total. The van der Waals surface area contributed by atoms with Crippen LogP contribution < -0.4 is 5.73 Å². The lowest BCUT2D eigenvalue weighted by molar-refractivity contribution is -0.188. The molecule has 1 amide bonds. The molecule has 1 fully saturated rings. The van der Waals surface area contributed by atoms with Gasteiger partial charge in [0.1, 0.15) is 17.7 Å². The highest BCUT2D eigenvalue weighted by atomic mass is 32.2. The Morgan fingerprint density at radius 1 is 1.52 bits per heavy atom. The van der Waals surface area contributed by atoms with Crippen molar-refractivity contribution in [3.05, 3.63) is 11.3 Å². The van der Waals surface area contributed by atoms with Gasteiger partial charge < -0.3 is 14.6 Å². The Morgan fingerprint density at radius 2 is 2.22 bits per heavy atom. The van der Waals surface area contributed by atoms with Crippen molar-refractivity contribution in [1.29, 1.82) is 0 Å². The predicted molar refractivity (Wildman–Crippen MR) is 82.2 cm³/mol. The van der Waals surface area contributed by atoms with Gasteiger partial charge in [0.05, 0.1) is 0 Å². The average molecular weight is 344 g/mol. The van der Waals surface area contributed by atoms with Crippen molar-refractivity contribution >= 4 is 29.6 Å². The Bertz CT molecular complexity index is 563. The molecular weight excluding hydrogens is 324 g/mol. The molecule has 8 nitrogen and oxygen atoms in total. The third kappa shape index (κ3) is 3.22. The van der Waals surface area contributed by atoms with E-state index in [4.69, 9.17) is 15.2 Å². The molecule has 0 aromatic carbocycles. The summed E-state index contributed by atoms with van der Waals surface area (Å²) in [7, 11) is 0. The number of thioether (sulfide) groups is 1. The molecule has 0 spiro atoms. The van der Waals surface area contributed by atoms with E-state index in [0.29, 0.717) is 17.9 Å². The van der Waals surface area contributed by atoms with Crippen molar-refractivity contribution in [3.63, 3.8) is 0 Å². The number of nitrogens with two attached hydrogens (primary N) is 1. The minimum absolute atomic E-state index is 0.158. The second-order valence-corrected chi connectivity index (χ2v) is 6.44. The summed E-state index contributed by atoms with van der Waals surface area (Å²) in [6, 6.07) is 0. The molecule has 0 aromatic heterocycles. The molecule has 1 saturated heterocycles. The van der Waals surface area contributed by atoms with E-state index in [9.17, 15) is 19.5 Å². The topological polar surface area (TPSA) is 119 Å². The van der Waals surface area contributed by atoms with Crippen LogP contribution in [-0.4, -0.2) is 57.9 Å². The van der Waals surface area contributed by atoms with E-state index < -0.39 is 28.9 Å². The van der Waals surface area contributed by atoms with Crippen LogP contribution in [0.5, 0.6) is 0 Å². The minimum atomic E-state index is -1.49. The van der Waals surface area contributed by atoms with Crippen LogP contribution in [0.25, 0.3) is 0 Å². The van der Waals surface area contributed by atoms with Gasteiger partial charge in [0.2, 0.25) is 5.72 Å². The van der Waals surface area contributed by atoms with Crippen LogP contribution in [-0.2, 0) is 23.9 Å². The standard InChI is InChI=1S/C14H20N2O6S/c1-3-4-5-22-14(15)12(20)16-10(11(18)19)9(6-21-8(2)17)7-23-13(14)16/h13H,3-7,15H2,1-2H3,(H,18,19)/t13-,14-/m1/s1. The summed E-state index contributed by atoms with van der Waals surface area (Å²) in [5.74, 6) is -2.04. The molecule has 0 aromatic rings. The van der Waals surface area contributed by atoms with E-state index in [1.165, 1.54) is 18.7 Å². The fraction of sp³-hybridized carbons (Fsp3) is 0.643. The molecule has 0 radical (unpaired) electrons. The maximum atomic E-state index is 12.4. The lowest BCUT2D eigenvalue weighted by atomic mass is 9.99. The van der Waals surface area contributed by atoms with Crippen molar-refractivity contribution in [1.82, 2.24) is 4.90 Å². The zero-order chi connectivity index (χ0) is 17.2. The highest BCUT2D eigenvalue weighted by molar-refractivity contribution is 8.00. The van der Waals surface area contributed by atoms with Crippen LogP contribution in [0.15, 0.2) is 11.3 Å². The van der Waals surface area contributed by atoms with E-state index in [0.717, 1.165) is 17.7 Å². The number of carboxylic acids is 1. The molecule has 0 saturated carbocycles. The first-order valence-corrected chi connectivity index (χ1v) is 8.34. The number of carbonyl (C=O) groups excluding carboxylic acids is 2. The van der Waals surface area contributed by atoms with Gasteiger partial charge in [-0.15, -0.1) is 11.8 Å². The summed E-state index contributed by atoms with van der Waals surface area (Å²) >= 11 is 1.31. The fourth-order valence-electron chi connectivity index (χ4n) is 2.43. The van der Waals surface area contributed by atoms with Crippen molar-refractivity contribution in [3.8, 4) is 0 Å². The van der Waals surface area contributed by atoms with E-state index in [1.807, 2.05) is 6.92 Å². The summed E-state index contributed by atoms with van der Waals surface area (Å²) in [5.41, 5.74) is 4.75. The number of esters is 1. The van der Waals surface area contributed by atoms with E-state index in [2.05, 4.69) is 0 Å². The fourth-order valence-corrected chi connectivity index (χ4v) is 3.78. The number of carboxylic acid groups (broad SMARTS) is 1. The van der Waals surface area contributed by atoms with Crippen molar-refractivity contribution < 1.29 is 29.0 Å². The summed E-state index contributed by atoms with van der Waals surface area (Å²) in [6.45, 7) is 3.41. The third-order valence-corrected chi connectivity index (χ3v) is 5.03. The molecule has 2 aliphatic heterocycles. The minimum Gasteiger partial charge on any atom is -0.477 e. The molecule has 0 aliphatic carbocycles. The molecule has 2 atom stereocenters. The third-order valence-electron chi connectivity index (χ3n) is 3.64. The molecule has 2 heterocycles. The number of ether oxygens (including phenoxy) is 2. The Labute approximate surface area is 138 Å². The zero-order valence-electron chi connectivity index (χ0n) is 13.0. The quantitative estimate of drug-likeness (QED) is 0.292. The van der Waals surface area contributed by atoms with Crippen LogP contribution in [0.3, 0.4) is 0 Å². The number of rotatable bonds is 7. The van der Waals surface area contributed by atoms with Crippen molar-refractivity contribution in [2.75, 3.05) is 19.0 Å². The first-order chi connectivity index (χ1) is 10.8. The lowest BCUT2D eigenvalue weighted by Crippen LogP contribution is -2.79. The number of aliphatic carboxylic acids is 1. The van der Waals surface area contributed by atoms with Gasteiger partial charge in [-0.05, 0) is 6.42 Å². The van der Waals surface area contributed by atoms with Crippen LogP contribution >= 0.6 is 11.8 Å². The maximum absolute atomic E-state index is 12.4. The summed E-state index contributed by atoms with van der Waals surface area (Å²) in [5, 5.41) is 8.83. The Balaban J connectivity index is 2.19. The number of β-lactam (4-membered cyclic amide) rings is 1. The van der Waals surface area contributed by atoms with Crippen LogP contribution in [0.2, 0.25) is 0 Å². The van der Waals surface area contributed by atoms with Gasteiger partial charge in [-0.25, -0.2) is 4.79 Å². The van der Waals surface area contributed by atoms with Gasteiger partial charge >= 0.3 is 11.9 Å². The maximum Gasteiger partial charge on any atom is 0.352 e. The first-order valence-electron chi connectivity index (χ1n) is 7.29. The predicted octanol–water partition coefficient (Wildman–Crippen LogP) is 0.275. The van der Waals surface area contributed by atoms with Crippen molar-refractivity contribution in [2.24, 2.45) is 5.73 Å². The molecule has 0 bridgehead atoms. The van der Waals surface area contributed by atoms with Gasteiger partial charge in [-0.3, -0.25) is 20.2 Å². The highest BCUT2D eigenvalue weighted by Crippen LogP contribution is 2.45. The normalized spacial score (nSPS) is 26.7. The van der Waals surface area contributed by atoms with Crippen LogP contribution in [0, 0.1) is 0 Å². The van der Waals surface area contributed by atoms with Crippen molar-refractivity contribution in [2.45, 2.75) is 37.8 Å².